The highest BCUT2D eigenvalue weighted by Gasteiger charge is 2.23. The normalized spacial score (nSPS) is 13.7. The number of nitrogens with zero attached hydrogens (tertiary/aromatic N) is 1. The Labute approximate surface area is 128 Å². The standard InChI is InChI=1S/C16H20N4O2/c21-15-13-8-10-20(11-14(13)18-19-15)16(22)17-9-4-7-12-5-2-1-3-6-12/h1-3,5-6H,4,7-11H2,(H,17,22)(H2,18,19,21). The Morgan fingerprint density at radius 3 is 2.86 bits per heavy atom. The van der Waals surface area contributed by atoms with E-state index in [1.807, 2.05) is 18.2 Å². The molecule has 116 valence electrons. The number of carbonyl (C=O) groups excluding carboxylic acids is 1. The smallest absolute Gasteiger partial charge is 0.317 e. The number of hydrogen-bond acceptors (Lipinski definition) is 2. The fourth-order valence-corrected chi connectivity index (χ4v) is 2.75. The maximum atomic E-state index is 12.1. The van der Waals surface area contributed by atoms with Gasteiger partial charge in [0.2, 0.25) is 0 Å². The van der Waals surface area contributed by atoms with Crippen LogP contribution in [0.4, 0.5) is 4.79 Å². The Kier molecular flexibility index (Phi) is 4.27. The molecular formula is C16H20N4O2. The van der Waals surface area contributed by atoms with Crippen LogP contribution in [0.15, 0.2) is 35.1 Å². The van der Waals surface area contributed by atoms with Gasteiger partial charge in [0.05, 0.1) is 12.2 Å². The lowest BCUT2D eigenvalue weighted by Gasteiger charge is -2.26. The van der Waals surface area contributed by atoms with Crippen LogP contribution >= 0.6 is 0 Å². The van der Waals surface area contributed by atoms with Gasteiger partial charge in [0.25, 0.3) is 5.56 Å². The van der Waals surface area contributed by atoms with Crippen LogP contribution in [-0.4, -0.2) is 34.2 Å². The second-order valence-electron chi connectivity index (χ2n) is 5.53. The first-order valence-corrected chi connectivity index (χ1v) is 7.59. The number of carbonyl (C=O) groups is 1. The van der Waals surface area contributed by atoms with E-state index in [1.165, 1.54) is 5.56 Å². The zero-order valence-electron chi connectivity index (χ0n) is 12.4. The minimum absolute atomic E-state index is 0.0687. The van der Waals surface area contributed by atoms with Gasteiger partial charge >= 0.3 is 6.03 Å². The fraction of sp³-hybridized carbons (Fsp3) is 0.375. The van der Waals surface area contributed by atoms with Crippen LogP contribution < -0.4 is 10.9 Å². The first-order valence-electron chi connectivity index (χ1n) is 7.59. The Bertz CT molecular complexity index is 690. The van der Waals surface area contributed by atoms with Crippen LogP contribution in [-0.2, 0) is 19.4 Å². The van der Waals surface area contributed by atoms with Crippen LogP contribution in [0.2, 0.25) is 0 Å². The predicted molar refractivity (Wildman–Crippen MR) is 83.7 cm³/mol. The number of urea groups is 1. The van der Waals surface area contributed by atoms with E-state index in [0.717, 1.165) is 24.1 Å². The number of aryl methyl sites for hydroxylation is 1. The van der Waals surface area contributed by atoms with Gasteiger partial charge in [-0.2, -0.15) is 0 Å². The molecule has 6 heteroatoms. The molecule has 0 aliphatic carbocycles. The summed E-state index contributed by atoms with van der Waals surface area (Å²) in [5.74, 6) is 0. The first kappa shape index (κ1) is 14.4. The largest absolute Gasteiger partial charge is 0.338 e. The van der Waals surface area contributed by atoms with E-state index in [-0.39, 0.29) is 11.6 Å². The van der Waals surface area contributed by atoms with Gasteiger partial charge in [0.15, 0.2) is 0 Å². The quantitative estimate of drug-likeness (QED) is 0.746. The highest BCUT2D eigenvalue weighted by molar-refractivity contribution is 5.74. The highest BCUT2D eigenvalue weighted by atomic mass is 16.2. The maximum Gasteiger partial charge on any atom is 0.317 e. The van der Waals surface area contributed by atoms with Crippen molar-refractivity contribution in [1.82, 2.24) is 20.4 Å². The van der Waals surface area contributed by atoms with E-state index in [1.54, 1.807) is 4.90 Å². The molecule has 1 aromatic heterocycles. The lowest BCUT2D eigenvalue weighted by molar-refractivity contribution is 0.191. The van der Waals surface area contributed by atoms with Crippen molar-refractivity contribution in [2.24, 2.45) is 0 Å². The fourth-order valence-electron chi connectivity index (χ4n) is 2.75. The molecule has 3 N–H and O–H groups in total. The third-order valence-electron chi connectivity index (χ3n) is 3.99. The Balaban J connectivity index is 1.44. The first-order chi connectivity index (χ1) is 10.7. The Morgan fingerprint density at radius 1 is 1.23 bits per heavy atom. The maximum absolute atomic E-state index is 12.1. The van der Waals surface area contributed by atoms with E-state index in [9.17, 15) is 9.59 Å². The van der Waals surface area contributed by atoms with Crippen molar-refractivity contribution in [3.05, 3.63) is 57.5 Å². The molecule has 0 fully saturated rings. The summed E-state index contributed by atoms with van der Waals surface area (Å²) in [6, 6.07) is 10.2. The summed E-state index contributed by atoms with van der Waals surface area (Å²) < 4.78 is 0. The van der Waals surface area contributed by atoms with Gasteiger partial charge in [0.1, 0.15) is 0 Å². The molecule has 1 aromatic carbocycles. The molecule has 2 heterocycles. The molecule has 0 radical (unpaired) electrons. The molecule has 0 unspecified atom stereocenters. The molecule has 0 saturated carbocycles. The molecule has 6 nitrogen and oxygen atoms in total. The molecule has 3 rings (SSSR count). The van der Waals surface area contributed by atoms with Gasteiger partial charge in [0, 0.05) is 18.7 Å². The number of fused-ring (bicyclic) bond motifs is 1. The van der Waals surface area contributed by atoms with Crippen LogP contribution in [0.25, 0.3) is 0 Å². The SMILES string of the molecule is O=C(NCCCc1ccccc1)N1CCc2c([nH][nH]c2=O)C1. The van der Waals surface area contributed by atoms with Crippen molar-refractivity contribution in [2.45, 2.75) is 25.8 Å². The molecule has 0 bridgehead atoms. The topological polar surface area (TPSA) is 81.0 Å². The zero-order chi connectivity index (χ0) is 15.4. The van der Waals surface area contributed by atoms with Gasteiger partial charge in [-0.3, -0.25) is 9.89 Å². The number of hydrogen-bond donors (Lipinski definition) is 3. The zero-order valence-corrected chi connectivity index (χ0v) is 12.4. The van der Waals surface area contributed by atoms with Gasteiger partial charge in [-0.05, 0) is 24.8 Å². The number of H-pyrrole nitrogens is 2. The van der Waals surface area contributed by atoms with Crippen molar-refractivity contribution >= 4 is 6.03 Å². The molecule has 22 heavy (non-hydrogen) atoms. The summed E-state index contributed by atoms with van der Waals surface area (Å²) in [5, 5.41) is 8.36. The predicted octanol–water partition coefficient (Wildman–Crippen LogP) is 1.40. The number of nitrogens with one attached hydrogen (secondary N) is 3. The van der Waals surface area contributed by atoms with Crippen LogP contribution in [0.5, 0.6) is 0 Å². The molecule has 0 spiro atoms. The minimum atomic E-state index is -0.0714. The van der Waals surface area contributed by atoms with E-state index in [0.29, 0.717) is 26.1 Å². The van der Waals surface area contributed by atoms with Gasteiger partial charge in [-0.25, -0.2) is 4.79 Å². The van der Waals surface area contributed by atoms with E-state index >= 15 is 0 Å². The van der Waals surface area contributed by atoms with E-state index < -0.39 is 0 Å². The number of benzene rings is 1. The monoisotopic (exact) mass is 300 g/mol. The number of aromatic nitrogens is 2. The number of amides is 2. The molecule has 1 aliphatic heterocycles. The number of aromatic amines is 2. The van der Waals surface area contributed by atoms with Crippen molar-refractivity contribution < 1.29 is 4.79 Å². The van der Waals surface area contributed by atoms with Crippen molar-refractivity contribution in [3.63, 3.8) is 0 Å². The van der Waals surface area contributed by atoms with Crippen LogP contribution in [0, 0.1) is 0 Å². The van der Waals surface area contributed by atoms with Crippen molar-refractivity contribution in [3.8, 4) is 0 Å². The third kappa shape index (κ3) is 3.21. The van der Waals surface area contributed by atoms with Crippen molar-refractivity contribution in [1.29, 1.82) is 0 Å². The molecule has 0 saturated heterocycles. The average Bonchev–Trinajstić information content (AvgIpc) is 2.93. The van der Waals surface area contributed by atoms with Crippen molar-refractivity contribution in [2.75, 3.05) is 13.1 Å². The van der Waals surface area contributed by atoms with E-state index in [4.69, 9.17) is 0 Å². The second kappa shape index (κ2) is 6.51. The van der Waals surface area contributed by atoms with Crippen LogP contribution in [0.3, 0.4) is 0 Å². The second-order valence-corrected chi connectivity index (χ2v) is 5.53. The summed E-state index contributed by atoms with van der Waals surface area (Å²) in [5.41, 5.74) is 2.80. The van der Waals surface area contributed by atoms with E-state index in [2.05, 4.69) is 27.6 Å². The molecular weight excluding hydrogens is 280 g/mol. The molecule has 2 aromatic rings. The lowest BCUT2D eigenvalue weighted by Crippen LogP contribution is -2.43. The summed E-state index contributed by atoms with van der Waals surface area (Å²) in [6.07, 6.45) is 2.47. The van der Waals surface area contributed by atoms with Crippen LogP contribution in [0.1, 0.15) is 23.2 Å². The Morgan fingerprint density at radius 2 is 2.05 bits per heavy atom. The molecule has 0 atom stereocenters. The van der Waals surface area contributed by atoms with Gasteiger partial charge < -0.3 is 15.3 Å². The highest BCUT2D eigenvalue weighted by Crippen LogP contribution is 2.12. The third-order valence-corrected chi connectivity index (χ3v) is 3.99. The summed E-state index contributed by atoms with van der Waals surface area (Å²) >= 11 is 0. The number of rotatable bonds is 4. The van der Waals surface area contributed by atoms with Gasteiger partial charge in [-0.15, -0.1) is 0 Å². The average molecular weight is 300 g/mol. The summed E-state index contributed by atoms with van der Waals surface area (Å²) in [4.78, 5) is 25.3. The Hall–Kier alpha value is -2.50. The molecule has 1 aliphatic rings. The van der Waals surface area contributed by atoms with Gasteiger partial charge in [-0.1, -0.05) is 30.3 Å². The minimum Gasteiger partial charge on any atom is -0.338 e. The lowest BCUT2D eigenvalue weighted by atomic mass is 10.1. The molecule has 2 amide bonds. The summed E-state index contributed by atoms with van der Waals surface area (Å²) in [6.45, 7) is 1.69. The summed E-state index contributed by atoms with van der Waals surface area (Å²) in [7, 11) is 0.